The van der Waals surface area contributed by atoms with Gasteiger partial charge in [0, 0.05) is 35.8 Å². The molecule has 0 atom stereocenters. The molecule has 0 bridgehead atoms. The van der Waals surface area contributed by atoms with Crippen molar-refractivity contribution in [3.63, 3.8) is 0 Å². The summed E-state index contributed by atoms with van der Waals surface area (Å²) in [6.45, 7) is 14.1. The van der Waals surface area contributed by atoms with E-state index in [9.17, 15) is 19.7 Å². The van der Waals surface area contributed by atoms with E-state index >= 15 is 0 Å². The number of carbonyl (C=O) groups excluding carboxylic acids is 2. The van der Waals surface area contributed by atoms with Crippen molar-refractivity contribution in [2.24, 2.45) is 0 Å². The van der Waals surface area contributed by atoms with Crippen LogP contribution in [-0.2, 0) is 15.7 Å². The van der Waals surface area contributed by atoms with E-state index in [0.29, 0.717) is 18.1 Å². The minimum absolute atomic E-state index is 0.0696. The highest BCUT2D eigenvalue weighted by Crippen LogP contribution is 2.28. The second-order valence-corrected chi connectivity index (χ2v) is 9.54. The van der Waals surface area contributed by atoms with E-state index < -0.39 is 11.0 Å². The van der Waals surface area contributed by atoms with Gasteiger partial charge in [-0.15, -0.1) is 0 Å². The van der Waals surface area contributed by atoms with Gasteiger partial charge in [-0.1, -0.05) is 20.8 Å². The van der Waals surface area contributed by atoms with Crippen molar-refractivity contribution in [1.82, 2.24) is 14.7 Å². The summed E-state index contributed by atoms with van der Waals surface area (Å²) < 4.78 is 1.78. The van der Waals surface area contributed by atoms with Crippen molar-refractivity contribution < 1.29 is 14.5 Å². The summed E-state index contributed by atoms with van der Waals surface area (Å²) in [6.07, 6.45) is 0. The lowest BCUT2D eigenvalue weighted by Gasteiger charge is -2.24. The van der Waals surface area contributed by atoms with Gasteiger partial charge in [-0.2, -0.15) is 5.10 Å². The van der Waals surface area contributed by atoms with Gasteiger partial charge in [-0.05, 0) is 39.8 Å². The summed E-state index contributed by atoms with van der Waals surface area (Å²) in [6, 6.07) is 6.88. The minimum Gasteiger partial charge on any atom is -0.315 e. The number of rotatable bonds is 6. The molecule has 2 aromatic rings. The van der Waals surface area contributed by atoms with Crippen molar-refractivity contribution in [1.29, 1.82) is 0 Å². The standard InChI is InChI=1S/C22H32N6O4/c1-8-26(20(30)23-15-9-11-16(12-10-15)28(31)32)14-19(29)24-18-13-17(21(2,3)4)25-27(18)22(5,6)7/h9-13H,8,14H2,1-7H3,(H,23,30)(H,24,29). The molecule has 32 heavy (non-hydrogen) atoms. The van der Waals surface area contributed by atoms with Crippen LogP contribution in [0.4, 0.5) is 22.0 Å². The summed E-state index contributed by atoms with van der Waals surface area (Å²) in [4.78, 5) is 36.9. The monoisotopic (exact) mass is 444 g/mol. The number of benzene rings is 1. The zero-order chi connectivity index (χ0) is 24.3. The number of non-ortho nitro benzene ring substituents is 1. The molecule has 1 aromatic heterocycles. The average molecular weight is 445 g/mol. The summed E-state index contributed by atoms with van der Waals surface area (Å²) in [5.41, 5.74) is 0.658. The van der Waals surface area contributed by atoms with Gasteiger partial charge in [0.1, 0.15) is 12.4 Å². The Morgan fingerprint density at radius 3 is 2.16 bits per heavy atom. The molecule has 2 rings (SSSR count). The molecule has 0 saturated heterocycles. The van der Waals surface area contributed by atoms with E-state index in [1.165, 1.54) is 29.2 Å². The maximum atomic E-state index is 12.7. The minimum atomic E-state index is -0.512. The quantitative estimate of drug-likeness (QED) is 0.507. The third-order valence-corrected chi connectivity index (χ3v) is 4.71. The van der Waals surface area contributed by atoms with Crippen LogP contribution in [0, 0.1) is 10.1 Å². The fourth-order valence-corrected chi connectivity index (χ4v) is 2.90. The maximum absolute atomic E-state index is 12.7. The first-order valence-electron chi connectivity index (χ1n) is 10.4. The first kappa shape index (κ1) is 24.8. The second kappa shape index (κ2) is 9.37. The Morgan fingerprint density at radius 1 is 1.09 bits per heavy atom. The molecule has 0 radical (unpaired) electrons. The van der Waals surface area contributed by atoms with Crippen LogP contribution in [0.2, 0.25) is 0 Å². The van der Waals surface area contributed by atoms with Gasteiger partial charge in [-0.25, -0.2) is 9.48 Å². The largest absolute Gasteiger partial charge is 0.322 e. The molecule has 0 saturated carbocycles. The average Bonchev–Trinajstić information content (AvgIpc) is 3.11. The molecule has 10 nitrogen and oxygen atoms in total. The van der Waals surface area contributed by atoms with Gasteiger partial charge in [0.2, 0.25) is 5.91 Å². The predicted octanol–water partition coefficient (Wildman–Crippen LogP) is 4.34. The van der Waals surface area contributed by atoms with E-state index in [1.807, 2.05) is 26.8 Å². The van der Waals surface area contributed by atoms with E-state index in [4.69, 9.17) is 0 Å². The Labute approximate surface area is 188 Å². The van der Waals surface area contributed by atoms with E-state index in [1.54, 1.807) is 11.6 Å². The molecular formula is C22H32N6O4. The van der Waals surface area contributed by atoms with Crippen molar-refractivity contribution in [3.8, 4) is 0 Å². The molecule has 3 amide bonds. The highest BCUT2D eigenvalue weighted by atomic mass is 16.6. The van der Waals surface area contributed by atoms with Crippen molar-refractivity contribution in [2.75, 3.05) is 23.7 Å². The highest BCUT2D eigenvalue weighted by Gasteiger charge is 2.26. The topological polar surface area (TPSA) is 122 Å². The molecule has 0 spiro atoms. The van der Waals surface area contributed by atoms with Gasteiger partial charge in [0.15, 0.2) is 0 Å². The molecular weight excluding hydrogens is 412 g/mol. The van der Waals surface area contributed by atoms with Crippen LogP contribution < -0.4 is 10.6 Å². The molecule has 0 unspecified atom stereocenters. The van der Waals surface area contributed by atoms with E-state index in [-0.39, 0.29) is 29.1 Å². The smallest absolute Gasteiger partial charge is 0.315 e. The zero-order valence-corrected chi connectivity index (χ0v) is 19.7. The first-order valence-corrected chi connectivity index (χ1v) is 10.4. The van der Waals surface area contributed by atoms with Crippen LogP contribution in [-0.4, -0.2) is 44.6 Å². The Balaban J connectivity index is 2.11. The number of anilines is 2. The Hall–Kier alpha value is -3.43. The molecule has 174 valence electrons. The molecule has 2 N–H and O–H groups in total. The molecule has 10 heteroatoms. The number of hydrogen-bond donors (Lipinski definition) is 2. The van der Waals surface area contributed by atoms with Crippen molar-refractivity contribution in [2.45, 2.75) is 59.4 Å². The van der Waals surface area contributed by atoms with Crippen LogP contribution in [0.25, 0.3) is 0 Å². The number of nitro benzene ring substituents is 1. The maximum Gasteiger partial charge on any atom is 0.322 e. The normalized spacial score (nSPS) is 11.7. The number of nitro groups is 1. The number of aromatic nitrogens is 2. The number of amides is 3. The first-order chi connectivity index (χ1) is 14.7. The van der Waals surface area contributed by atoms with E-state index in [2.05, 4.69) is 36.5 Å². The fraction of sp³-hybridized carbons (Fsp3) is 0.500. The lowest BCUT2D eigenvalue weighted by atomic mass is 9.92. The van der Waals surface area contributed by atoms with Crippen LogP contribution in [0.1, 0.15) is 54.2 Å². The van der Waals surface area contributed by atoms with Gasteiger partial charge in [0.25, 0.3) is 5.69 Å². The predicted molar refractivity (Wildman–Crippen MR) is 124 cm³/mol. The number of urea groups is 1. The number of nitrogens with one attached hydrogen (secondary N) is 2. The lowest BCUT2D eigenvalue weighted by molar-refractivity contribution is -0.384. The Bertz CT molecular complexity index is 983. The van der Waals surface area contributed by atoms with Crippen molar-refractivity contribution >= 4 is 29.1 Å². The number of nitrogens with zero attached hydrogens (tertiary/aromatic N) is 4. The van der Waals surface area contributed by atoms with Crippen molar-refractivity contribution in [3.05, 3.63) is 46.1 Å². The van der Waals surface area contributed by atoms with Crippen LogP contribution in [0.15, 0.2) is 30.3 Å². The van der Waals surface area contributed by atoms with Crippen LogP contribution in [0.5, 0.6) is 0 Å². The SMILES string of the molecule is CCN(CC(=O)Nc1cc(C(C)(C)C)nn1C(C)(C)C)C(=O)Nc1ccc([N+](=O)[O-])cc1. The highest BCUT2D eigenvalue weighted by molar-refractivity contribution is 5.96. The summed E-state index contributed by atoms with van der Waals surface area (Å²) in [5, 5.41) is 21.0. The third-order valence-electron chi connectivity index (χ3n) is 4.71. The lowest BCUT2D eigenvalue weighted by Crippen LogP contribution is -2.41. The molecule has 1 aromatic carbocycles. The molecule has 0 aliphatic rings. The Morgan fingerprint density at radius 2 is 1.69 bits per heavy atom. The van der Waals surface area contributed by atoms with Gasteiger partial charge in [-0.3, -0.25) is 14.9 Å². The fourth-order valence-electron chi connectivity index (χ4n) is 2.90. The second-order valence-electron chi connectivity index (χ2n) is 9.54. The number of hydrogen-bond acceptors (Lipinski definition) is 5. The molecule has 0 aliphatic heterocycles. The number of carbonyl (C=O) groups is 2. The zero-order valence-electron chi connectivity index (χ0n) is 19.7. The van der Waals surface area contributed by atoms with Gasteiger partial charge < -0.3 is 15.5 Å². The molecule has 0 aliphatic carbocycles. The summed E-state index contributed by atoms with van der Waals surface area (Å²) in [5.74, 6) is 0.218. The summed E-state index contributed by atoms with van der Waals surface area (Å²) in [7, 11) is 0. The van der Waals surface area contributed by atoms with Crippen LogP contribution in [0.3, 0.4) is 0 Å². The van der Waals surface area contributed by atoms with Gasteiger partial charge >= 0.3 is 6.03 Å². The molecule has 1 heterocycles. The Kier molecular flexibility index (Phi) is 7.27. The molecule has 0 fully saturated rings. The summed E-state index contributed by atoms with van der Waals surface area (Å²) >= 11 is 0. The van der Waals surface area contributed by atoms with Crippen LogP contribution >= 0.6 is 0 Å². The third kappa shape index (κ3) is 6.29. The van der Waals surface area contributed by atoms with Gasteiger partial charge in [0.05, 0.1) is 16.2 Å². The van der Waals surface area contributed by atoms with E-state index in [0.717, 1.165) is 5.69 Å². The number of likely N-dealkylation sites (N-methyl/N-ethyl adjacent to an activating group) is 1.